The predicted octanol–water partition coefficient (Wildman–Crippen LogP) is 9.41. The largest absolute Gasteiger partial charge is 0.309 e. The van der Waals surface area contributed by atoms with Crippen molar-refractivity contribution in [3.8, 4) is 16.8 Å². The molecule has 7 aromatic rings. The monoisotopic (exact) mass is 453 g/mol. The second-order valence-electron chi connectivity index (χ2n) is 8.79. The first-order valence-corrected chi connectivity index (χ1v) is 11.9. The zero-order valence-electron chi connectivity index (χ0n) is 18.4. The van der Waals surface area contributed by atoms with Crippen molar-refractivity contribution in [2.75, 3.05) is 0 Å². The van der Waals surface area contributed by atoms with Crippen LogP contribution in [0.4, 0.5) is 0 Å². The van der Waals surface area contributed by atoms with Gasteiger partial charge in [0.15, 0.2) is 0 Å². The van der Waals surface area contributed by atoms with Gasteiger partial charge in [-0.1, -0.05) is 96.5 Å². The molecule has 0 aliphatic heterocycles. The van der Waals surface area contributed by atoms with Crippen molar-refractivity contribution in [3.63, 3.8) is 0 Å². The van der Waals surface area contributed by atoms with E-state index in [4.69, 9.17) is 11.6 Å². The minimum Gasteiger partial charge on any atom is -0.309 e. The van der Waals surface area contributed by atoms with Gasteiger partial charge in [0.2, 0.25) is 0 Å². The predicted molar refractivity (Wildman–Crippen MR) is 146 cm³/mol. The maximum Gasteiger partial charge on any atom is 0.0556 e. The Bertz CT molecular complexity index is 1860. The smallest absolute Gasteiger partial charge is 0.0556 e. The van der Waals surface area contributed by atoms with E-state index in [0.29, 0.717) is 0 Å². The van der Waals surface area contributed by atoms with E-state index in [-0.39, 0.29) is 0 Å². The van der Waals surface area contributed by atoms with E-state index >= 15 is 0 Å². The van der Waals surface area contributed by atoms with Gasteiger partial charge in [-0.15, -0.1) is 0 Å². The van der Waals surface area contributed by atoms with Crippen LogP contribution in [0, 0.1) is 0 Å². The number of hydrogen-bond acceptors (Lipinski definition) is 0. The van der Waals surface area contributed by atoms with Crippen molar-refractivity contribution in [2.24, 2.45) is 0 Å². The number of nitrogens with zero attached hydrogens (tertiary/aromatic N) is 1. The lowest BCUT2D eigenvalue weighted by atomic mass is 10.0. The topological polar surface area (TPSA) is 4.93 Å². The number of aromatic nitrogens is 1. The second-order valence-corrected chi connectivity index (χ2v) is 9.22. The molecule has 7 rings (SSSR count). The second kappa shape index (κ2) is 7.48. The highest BCUT2D eigenvalue weighted by molar-refractivity contribution is 6.32. The van der Waals surface area contributed by atoms with Crippen molar-refractivity contribution < 1.29 is 0 Å². The molecule has 0 fully saturated rings. The van der Waals surface area contributed by atoms with Gasteiger partial charge in [0.25, 0.3) is 0 Å². The fraction of sp³-hybridized carbons (Fsp3) is 0. The molecule has 0 aliphatic rings. The van der Waals surface area contributed by atoms with Crippen molar-refractivity contribution in [2.45, 2.75) is 0 Å². The van der Waals surface area contributed by atoms with E-state index in [0.717, 1.165) is 16.2 Å². The summed E-state index contributed by atoms with van der Waals surface area (Å²) < 4.78 is 2.33. The van der Waals surface area contributed by atoms with Gasteiger partial charge < -0.3 is 4.57 Å². The molecule has 0 radical (unpaired) electrons. The molecule has 0 aliphatic carbocycles. The van der Waals surface area contributed by atoms with Crippen LogP contribution in [0.3, 0.4) is 0 Å². The normalized spacial score (nSPS) is 11.7. The van der Waals surface area contributed by atoms with Crippen molar-refractivity contribution in [1.82, 2.24) is 4.57 Å². The highest BCUT2D eigenvalue weighted by Crippen LogP contribution is 2.38. The summed E-state index contributed by atoms with van der Waals surface area (Å²) in [6, 6.07) is 43.2. The van der Waals surface area contributed by atoms with Crippen LogP contribution in [0.25, 0.3) is 60.2 Å². The lowest BCUT2D eigenvalue weighted by Gasteiger charge is -2.10. The van der Waals surface area contributed by atoms with Crippen LogP contribution >= 0.6 is 11.6 Å². The molecule has 160 valence electrons. The van der Waals surface area contributed by atoms with Gasteiger partial charge in [-0.25, -0.2) is 0 Å². The van der Waals surface area contributed by atoms with Gasteiger partial charge in [0.05, 0.1) is 11.0 Å². The Morgan fingerprint density at radius 3 is 2.03 bits per heavy atom. The standard InChI is InChI=1S/C32H20ClN/c33-26-14-17-29-31(20-26)34(30-18-13-23-6-3-4-8-28(23)32(29)30)27-15-11-22(12-16-27)25-10-9-21-5-1-2-7-24(21)19-25/h1-20H. The van der Waals surface area contributed by atoms with Crippen molar-refractivity contribution in [1.29, 1.82) is 0 Å². The van der Waals surface area contributed by atoms with Gasteiger partial charge >= 0.3 is 0 Å². The molecule has 1 nitrogen and oxygen atoms in total. The summed E-state index contributed by atoms with van der Waals surface area (Å²) in [5, 5.41) is 8.26. The lowest BCUT2D eigenvalue weighted by molar-refractivity contribution is 1.18. The Morgan fingerprint density at radius 1 is 0.471 bits per heavy atom. The van der Waals surface area contributed by atoms with Gasteiger partial charge in [-0.3, -0.25) is 0 Å². The van der Waals surface area contributed by atoms with Crippen LogP contribution in [0.1, 0.15) is 0 Å². The quantitative estimate of drug-likeness (QED) is 0.245. The zero-order valence-corrected chi connectivity index (χ0v) is 19.1. The maximum absolute atomic E-state index is 6.46. The molecular formula is C32H20ClN. The van der Waals surface area contributed by atoms with Crippen LogP contribution in [-0.2, 0) is 0 Å². The van der Waals surface area contributed by atoms with Gasteiger partial charge in [0.1, 0.15) is 0 Å². The van der Waals surface area contributed by atoms with Crippen LogP contribution < -0.4 is 0 Å². The Kier molecular flexibility index (Phi) is 4.27. The molecule has 0 atom stereocenters. The molecule has 1 heterocycles. The number of rotatable bonds is 2. The van der Waals surface area contributed by atoms with E-state index in [1.807, 2.05) is 6.07 Å². The molecule has 0 saturated heterocycles. The van der Waals surface area contributed by atoms with Crippen LogP contribution in [0.15, 0.2) is 121 Å². The highest BCUT2D eigenvalue weighted by atomic mass is 35.5. The van der Waals surface area contributed by atoms with E-state index in [1.54, 1.807) is 0 Å². The molecule has 0 spiro atoms. The van der Waals surface area contributed by atoms with E-state index < -0.39 is 0 Å². The summed E-state index contributed by atoms with van der Waals surface area (Å²) >= 11 is 6.46. The molecule has 0 amide bonds. The first-order chi connectivity index (χ1) is 16.8. The fourth-order valence-corrected chi connectivity index (χ4v) is 5.38. The van der Waals surface area contributed by atoms with Crippen molar-refractivity contribution >= 4 is 55.0 Å². The number of hydrogen-bond donors (Lipinski definition) is 0. The van der Waals surface area contributed by atoms with E-state index in [9.17, 15) is 0 Å². The Labute approximate surface area is 202 Å². The third-order valence-electron chi connectivity index (χ3n) is 6.83. The SMILES string of the molecule is Clc1ccc2c3c4ccccc4ccc3n(-c3ccc(-c4ccc5ccccc5c4)cc3)c2c1. The summed E-state index contributed by atoms with van der Waals surface area (Å²) in [4.78, 5) is 0. The average molecular weight is 454 g/mol. The molecule has 0 saturated carbocycles. The molecule has 0 bridgehead atoms. The minimum atomic E-state index is 0.744. The van der Waals surface area contributed by atoms with Gasteiger partial charge in [0, 0.05) is 21.5 Å². The average Bonchev–Trinajstić information content (AvgIpc) is 3.22. The third-order valence-corrected chi connectivity index (χ3v) is 7.06. The Balaban J connectivity index is 1.44. The molecule has 0 N–H and O–H groups in total. The van der Waals surface area contributed by atoms with Crippen molar-refractivity contribution in [3.05, 3.63) is 126 Å². The highest BCUT2D eigenvalue weighted by Gasteiger charge is 2.15. The van der Waals surface area contributed by atoms with E-state index in [2.05, 4.69) is 120 Å². The summed E-state index contributed by atoms with van der Waals surface area (Å²) in [6.45, 7) is 0. The van der Waals surface area contributed by atoms with Gasteiger partial charge in [-0.05, 0) is 69.1 Å². The van der Waals surface area contributed by atoms with Crippen LogP contribution in [0.5, 0.6) is 0 Å². The first-order valence-electron chi connectivity index (χ1n) is 11.5. The maximum atomic E-state index is 6.46. The summed E-state index contributed by atoms with van der Waals surface area (Å²) in [6.07, 6.45) is 0. The Morgan fingerprint density at radius 2 is 1.18 bits per heavy atom. The van der Waals surface area contributed by atoms with Crippen LogP contribution in [0.2, 0.25) is 5.02 Å². The van der Waals surface area contributed by atoms with E-state index in [1.165, 1.54) is 49.0 Å². The molecule has 1 aromatic heterocycles. The molecule has 6 aromatic carbocycles. The molecule has 34 heavy (non-hydrogen) atoms. The molecule has 2 heteroatoms. The summed E-state index contributed by atoms with van der Waals surface area (Å²) in [5.41, 5.74) is 5.87. The number of benzene rings is 6. The first kappa shape index (κ1) is 19.4. The number of halogens is 1. The number of fused-ring (bicyclic) bond motifs is 6. The fourth-order valence-electron chi connectivity index (χ4n) is 5.21. The third kappa shape index (κ3) is 2.95. The summed E-state index contributed by atoms with van der Waals surface area (Å²) in [5.74, 6) is 0. The van der Waals surface area contributed by atoms with Crippen LogP contribution in [-0.4, -0.2) is 4.57 Å². The van der Waals surface area contributed by atoms with Gasteiger partial charge in [-0.2, -0.15) is 0 Å². The minimum absolute atomic E-state index is 0.744. The Hall–Kier alpha value is -4.07. The lowest BCUT2D eigenvalue weighted by Crippen LogP contribution is -1.94. The molecule has 0 unspecified atom stereocenters. The molecular weight excluding hydrogens is 434 g/mol. The summed E-state index contributed by atoms with van der Waals surface area (Å²) in [7, 11) is 0. The zero-order chi connectivity index (χ0) is 22.6.